The standard InChI is InChI=1S/C23H34N4O4/c28-20(29)15-23(9-4-10-24-16-23)19-8-7-18(21(26-19)27-11-13-31-14-12-27)22(30)25-17-5-2-1-3-6-17/h7-8,17,24H,1-6,9-16H2,(H,25,30)(H,28,29)/t23-/m0/s1. The summed E-state index contributed by atoms with van der Waals surface area (Å²) in [5.41, 5.74) is 0.784. The van der Waals surface area contributed by atoms with Gasteiger partial charge in [0.05, 0.1) is 30.9 Å². The van der Waals surface area contributed by atoms with Crippen LogP contribution in [-0.4, -0.2) is 67.4 Å². The van der Waals surface area contributed by atoms with Crippen LogP contribution in [0.3, 0.4) is 0 Å². The molecule has 2 saturated heterocycles. The third kappa shape index (κ3) is 5.18. The van der Waals surface area contributed by atoms with Crippen molar-refractivity contribution in [2.45, 2.75) is 62.8 Å². The summed E-state index contributed by atoms with van der Waals surface area (Å²) in [5, 5.41) is 16.2. The molecule has 8 heteroatoms. The van der Waals surface area contributed by atoms with Gasteiger partial charge in [-0.25, -0.2) is 4.98 Å². The van der Waals surface area contributed by atoms with Gasteiger partial charge in [-0.05, 0) is 44.4 Å². The molecule has 1 aliphatic carbocycles. The van der Waals surface area contributed by atoms with Gasteiger partial charge in [0.1, 0.15) is 5.82 Å². The van der Waals surface area contributed by atoms with E-state index in [9.17, 15) is 14.7 Å². The van der Waals surface area contributed by atoms with Crippen LogP contribution in [0.1, 0.15) is 67.4 Å². The van der Waals surface area contributed by atoms with Crippen molar-refractivity contribution in [3.05, 3.63) is 23.4 Å². The molecular weight excluding hydrogens is 396 g/mol. The summed E-state index contributed by atoms with van der Waals surface area (Å²) in [6.07, 6.45) is 7.31. The number of morpholine rings is 1. The van der Waals surface area contributed by atoms with Crippen LogP contribution >= 0.6 is 0 Å². The smallest absolute Gasteiger partial charge is 0.304 e. The first-order valence-corrected chi connectivity index (χ1v) is 11.6. The molecule has 3 fully saturated rings. The Morgan fingerprint density at radius 2 is 1.97 bits per heavy atom. The molecule has 4 rings (SSSR count). The Morgan fingerprint density at radius 1 is 1.19 bits per heavy atom. The number of anilines is 1. The number of carboxylic acids is 1. The maximum absolute atomic E-state index is 13.2. The van der Waals surface area contributed by atoms with E-state index >= 15 is 0 Å². The van der Waals surface area contributed by atoms with Crippen molar-refractivity contribution in [1.29, 1.82) is 0 Å². The molecule has 0 radical (unpaired) electrons. The summed E-state index contributed by atoms with van der Waals surface area (Å²) in [6.45, 7) is 4.01. The molecule has 1 saturated carbocycles. The molecule has 3 heterocycles. The number of rotatable bonds is 6. The quantitative estimate of drug-likeness (QED) is 0.635. The molecule has 1 aromatic rings. The summed E-state index contributed by atoms with van der Waals surface area (Å²) >= 11 is 0. The molecule has 31 heavy (non-hydrogen) atoms. The summed E-state index contributed by atoms with van der Waals surface area (Å²) in [6, 6.07) is 3.94. The first-order valence-electron chi connectivity index (χ1n) is 11.6. The van der Waals surface area contributed by atoms with Crippen LogP contribution in [0.25, 0.3) is 0 Å². The van der Waals surface area contributed by atoms with Gasteiger partial charge >= 0.3 is 5.97 Å². The lowest BCUT2D eigenvalue weighted by molar-refractivity contribution is -0.138. The molecule has 3 N–H and O–H groups in total. The second-order valence-electron chi connectivity index (χ2n) is 9.11. The third-order valence-electron chi connectivity index (χ3n) is 6.88. The van der Waals surface area contributed by atoms with Gasteiger partial charge in [-0.15, -0.1) is 0 Å². The number of hydrogen-bond acceptors (Lipinski definition) is 6. The Bertz CT molecular complexity index is 782. The number of ether oxygens (including phenoxy) is 1. The Kier molecular flexibility index (Phi) is 7.07. The number of piperidine rings is 1. The maximum atomic E-state index is 13.2. The summed E-state index contributed by atoms with van der Waals surface area (Å²) in [4.78, 5) is 32.0. The van der Waals surface area contributed by atoms with Crippen molar-refractivity contribution in [1.82, 2.24) is 15.6 Å². The highest BCUT2D eigenvalue weighted by Gasteiger charge is 2.38. The topological polar surface area (TPSA) is 104 Å². The summed E-state index contributed by atoms with van der Waals surface area (Å²) in [5.74, 6) is -0.247. The van der Waals surface area contributed by atoms with E-state index in [4.69, 9.17) is 9.72 Å². The number of carbonyl (C=O) groups is 2. The molecule has 1 aromatic heterocycles. The number of aliphatic carboxylic acids is 1. The molecule has 170 valence electrons. The highest BCUT2D eigenvalue weighted by Crippen LogP contribution is 2.35. The minimum Gasteiger partial charge on any atom is -0.481 e. The van der Waals surface area contributed by atoms with Crippen molar-refractivity contribution in [2.75, 3.05) is 44.3 Å². The minimum atomic E-state index is -0.822. The summed E-state index contributed by atoms with van der Waals surface area (Å²) in [7, 11) is 0. The molecule has 1 atom stereocenters. The van der Waals surface area contributed by atoms with Crippen LogP contribution in [0.2, 0.25) is 0 Å². The average Bonchev–Trinajstić information content (AvgIpc) is 2.80. The monoisotopic (exact) mass is 430 g/mol. The Hall–Kier alpha value is -2.19. The van der Waals surface area contributed by atoms with Crippen LogP contribution in [0.4, 0.5) is 5.82 Å². The third-order valence-corrected chi connectivity index (χ3v) is 6.88. The molecule has 0 aromatic carbocycles. The zero-order valence-electron chi connectivity index (χ0n) is 18.2. The van der Waals surface area contributed by atoms with Crippen molar-refractivity contribution >= 4 is 17.7 Å². The van der Waals surface area contributed by atoms with Crippen molar-refractivity contribution in [3.8, 4) is 0 Å². The molecule has 0 bridgehead atoms. The number of nitrogens with one attached hydrogen (secondary N) is 2. The fourth-order valence-corrected chi connectivity index (χ4v) is 5.16. The number of hydrogen-bond donors (Lipinski definition) is 3. The zero-order valence-corrected chi connectivity index (χ0v) is 18.2. The van der Waals surface area contributed by atoms with Gasteiger partial charge in [0, 0.05) is 31.1 Å². The van der Waals surface area contributed by atoms with Gasteiger partial charge in [0.25, 0.3) is 5.91 Å². The van der Waals surface area contributed by atoms with Gasteiger partial charge < -0.3 is 25.4 Å². The lowest BCUT2D eigenvalue weighted by Gasteiger charge is -2.37. The molecule has 8 nitrogen and oxygen atoms in total. The summed E-state index contributed by atoms with van der Waals surface area (Å²) < 4.78 is 5.50. The molecular formula is C23H34N4O4. The predicted molar refractivity (Wildman–Crippen MR) is 118 cm³/mol. The Balaban J connectivity index is 1.66. The van der Waals surface area contributed by atoms with Crippen molar-refractivity contribution < 1.29 is 19.4 Å². The fourth-order valence-electron chi connectivity index (χ4n) is 5.16. The lowest BCUT2D eigenvalue weighted by Crippen LogP contribution is -2.46. The van der Waals surface area contributed by atoms with E-state index in [1.54, 1.807) is 0 Å². The SMILES string of the molecule is O=C(O)C[C@@]1(c2ccc(C(=O)NC3CCCCC3)c(N3CCOCC3)n2)CCCNC1. The molecule has 1 amide bonds. The lowest BCUT2D eigenvalue weighted by atomic mass is 9.74. The minimum absolute atomic E-state index is 0.0309. The van der Waals surface area contributed by atoms with Crippen molar-refractivity contribution in [2.24, 2.45) is 0 Å². The van der Waals surface area contributed by atoms with Crippen LogP contribution in [0, 0.1) is 0 Å². The number of amides is 1. The number of carbonyl (C=O) groups excluding carboxylic acids is 1. The first-order chi connectivity index (χ1) is 15.1. The highest BCUT2D eigenvalue weighted by molar-refractivity contribution is 5.99. The van der Waals surface area contributed by atoms with E-state index in [0.717, 1.165) is 50.8 Å². The number of nitrogens with zero attached hydrogens (tertiary/aromatic N) is 2. The molecule has 0 unspecified atom stereocenters. The van der Waals surface area contributed by atoms with E-state index in [1.165, 1.54) is 6.42 Å². The van der Waals surface area contributed by atoms with Gasteiger partial charge in [-0.2, -0.15) is 0 Å². The Labute approximate surface area is 183 Å². The predicted octanol–water partition coefficient (Wildman–Crippen LogP) is 2.08. The van der Waals surface area contributed by atoms with Gasteiger partial charge in [0.15, 0.2) is 0 Å². The number of aromatic nitrogens is 1. The van der Waals surface area contributed by atoms with Gasteiger partial charge in [0.2, 0.25) is 0 Å². The van der Waals surface area contributed by atoms with Crippen LogP contribution in [-0.2, 0) is 14.9 Å². The van der Waals surface area contributed by atoms with E-state index < -0.39 is 11.4 Å². The normalized spacial score (nSPS) is 25.2. The second-order valence-corrected chi connectivity index (χ2v) is 9.11. The molecule has 3 aliphatic rings. The fraction of sp³-hybridized carbons (Fsp3) is 0.696. The molecule has 0 spiro atoms. The zero-order chi connectivity index (χ0) is 21.7. The highest BCUT2D eigenvalue weighted by atomic mass is 16.5. The van der Waals surface area contributed by atoms with Crippen LogP contribution < -0.4 is 15.5 Å². The van der Waals surface area contributed by atoms with E-state index in [-0.39, 0.29) is 18.4 Å². The second kappa shape index (κ2) is 9.96. The number of carboxylic acid groups (broad SMARTS) is 1. The van der Waals surface area contributed by atoms with E-state index in [2.05, 4.69) is 15.5 Å². The molecule has 2 aliphatic heterocycles. The van der Waals surface area contributed by atoms with Gasteiger partial charge in [-0.1, -0.05) is 19.3 Å². The van der Waals surface area contributed by atoms with Crippen LogP contribution in [0.5, 0.6) is 0 Å². The van der Waals surface area contributed by atoms with Gasteiger partial charge in [-0.3, -0.25) is 9.59 Å². The van der Waals surface area contributed by atoms with Crippen LogP contribution in [0.15, 0.2) is 12.1 Å². The first kappa shape index (κ1) is 22.0. The maximum Gasteiger partial charge on any atom is 0.304 e. The van der Waals surface area contributed by atoms with E-state index in [0.29, 0.717) is 44.2 Å². The van der Waals surface area contributed by atoms with E-state index in [1.807, 2.05) is 12.1 Å². The largest absolute Gasteiger partial charge is 0.481 e. The number of pyridine rings is 1. The Morgan fingerprint density at radius 3 is 2.65 bits per heavy atom. The average molecular weight is 431 g/mol. The van der Waals surface area contributed by atoms with Crippen molar-refractivity contribution in [3.63, 3.8) is 0 Å².